The molecule has 1 aliphatic rings. The van der Waals surface area contributed by atoms with Crippen LogP contribution < -0.4 is 10.6 Å². The Labute approximate surface area is 137 Å². The van der Waals surface area contributed by atoms with E-state index in [4.69, 9.17) is 4.52 Å². The highest BCUT2D eigenvalue weighted by Gasteiger charge is 2.42. The van der Waals surface area contributed by atoms with Gasteiger partial charge in [-0.2, -0.15) is 4.98 Å². The molecular formula is C16H18F2N4O2. The standard InChI is InChI=1S/C16H18F2N4O2/c1-10(8-19-14(23)12-7-16(17,18)9-20-12)15-21-13(22-24-15)11-5-3-2-4-6-11/h2-6,10,12,20H,7-9H2,1H3,(H,19,23). The highest BCUT2D eigenvalue weighted by atomic mass is 19.3. The molecule has 0 aliphatic carbocycles. The molecule has 8 heteroatoms. The van der Waals surface area contributed by atoms with Crippen LogP contribution in [0.1, 0.15) is 25.2 Å². The van der Waals surface area contributed by atoms with Gasteiger partial charge in [0.05, 0.1) is 18.5 Å². The molecule has 1 amide bonds. The topological polar surface area (TPSA) is 80.0 Å². The minimum atomic E-state index is -2.83. The van der Waals surface area contributed by atoms with Gasteiger partial charge in [0.15, 0.2) is 0 Å². The van der Waals surface area contributed by atoms with Crippen molar-refractivity contribution in [1.29, 1.82) is 0 Å². The van der Waals surface area contributed by atoms with E-state index in [-0.39, 0.29) is 12.5 Å². The Morgan fingerprint density at radius 3 is 2.88 bits per heavy atom. The molecule has 3 rings (SSSR count). The van der Waals surface area contributed by atoms with Crippen LogP contribution >= 0.6 is 0 Å². The average Bonchev–Trinajstić information content (AvgIpc) is 3.20. The summed E-state index contributed by atoms with van der Waals surface area (Å²) in [5, 5.41) is 9.09. The smallest absolute Gasteiger partial charge is 0.262 e. The van der Waals surface area contributed by atoms with Crippen molar-refractivity contribution in [3.05, 3.63) is 36.2 Å². The molecule has 1 saturated heterocycles. The van der Waals surface area contributed by atoms with Gasteiger partial charge in [0.2, 0.25) is 17.6 Å². The van der Waals surface area contributed by atoms with Crippen LogP contribution in [-0.4, -0.2) is 41.1 Å². The number of alkyl halides is 2. The Morgan fingerprint density at radius 1 is 1.46 bits per heavy atom. The second-order valence-electron chi connectivity index (χ2n) is 5.96. The summed E-state index contributed by atoms with van der Waals surface area (Å²) in [7, 11) is 0. The quantitative estimate of drug-likeness (QED) is 0.872. The summed E-state index contributed by atoms with van der Waals surface area (Å²) in [5.41, 5.74) is 0.834. The van der Waals surface area contributed by atoms with Crippen molar-refractivity contribution in [2.45, 2.75) is 31.2 Å². The molecule has 6 nitrogen and oxygen atoms in total. The van der Waals surface area contributed by atoms with Gasteiger partial charge in [-0.05, 0) is 0 Å². The third kappa shape index (κ3) is 3.76. The van der Waals surface area contributed by atoms with Crippen molar-refractivity contribution in [2.75, 3.05) is 13.1 Å². The van der Waals surface area contributed by atoms with Crippen molar-refractivity contribution in [2.24, 2.45) is 0 Å². The summed E-state index contributed by atoms with van der Waals surface area (Å²) in [6.45, 7) is 1.59. The van der Waals surface area contributed by atoms with Gasteiger partial charge in [-0.25, -0.2) is 8.78 Å². The largest absolute Gasteiger partial charge is 0.354 e. The number of hydrogen-bond acceptors (Lipinski definition) is 5. The number of hydrogen-bond donors (Lipinski definition) is 2. The fraction of sp³-hybridized carbons (Fsp3) is 0.438. The monoisotopic (exact) mass is 336 g/mol. The zero-order valence-corrected chi connectivity index (χ0v) is 13.1. The number of carbonyl (C=O) groups excluding carboxylic acids is 1. The number of amides is 1. The summed E-state index contributed by atoms with van der Waals surface area (Å²) >= 11 is 0. The fourth-order valence-electron chi connectivity index (χ4n) is 2.50. The van der Waals surface area contributed by atoms with Crippen molar-refractivity contribution in [3.8, 4) is 11.4 Å². The van der Waals surface area contributed by atoms with Gasteiger partial charge in [0.1, 0.15) is 0 Å². The summed E-state index contributed by atoms with van der Waals surface area (Å²) in [5.74, 6) is -2.63. The highest BCUT2D eigenvalue weighted by molar-refractivity contribution is 5.82. The fourth-order valence-corrected chi connectivity index (χ4v) is 2.50. The Bertz CT molecular complexity index is 705. The van der Waals surface area contributed by atoms with Crippen LogP contribution in [0.3, 0.4) is 0 Å². The molecule has 1 fully saturated rings. The molecule has 0 bridgehead atoms. The summed E-state index contributed by atoms with van der Waals surface area (Å²) in [6.07, 6.45) is -0.480. The van der Waals surface area contributed by atoms with Crippen LogP contribution in [0.25, 0.3) is 11.4 Å². The minimum Gasteiger partial charge on any atom is -0.354 e. The average molecular weight is 336 g/mol. The van der Waals surface area contributed by atoms with Gasteiger partial charge < -0.3 is 9.84 Å². The van der Waals surface area contributed by atoms with Crippen molar-refractivity contribution < 1.29 is 18.1 Å². The summed E-state index contributed by atoms with van der Waals surface area (Å²) in [4.78, 5) is 16.2. The van der Waals surface area contributed by atoms with Gasteiger partial charge in [-0.1, -0.05) is 42.4 Å². The maximum atomic E-state index is 13.1. The van der Waals surface area contributed by atoms with Crippen molar-refractivity contribution in [1.82, 2.24) is 20.8 Å². The first-order chi connectivity index (χ1) is 11.4. The van der Waals surface area contributed by atoms with Crippen LogP contribution in [0.15, 0.2) is 34.9 Å². The molecule has 2 aromatic rings. The molecule has 0 saturated carbocycles. The van der Waals surface area contributed by atoms with Crippen LogP contribution in [0, 0.1) is 0 Å². The molecule has 1 aromatic heterocycles. The molecule has 2 heterocycles. The van der Waals surface area contributed by atoms with Crippen LogP contribution in [0.2, 0.25) is 0 Å². The molecule has 128 valence electrons. The lowest BCUT2D eigenvalue weighted by Crippen LogP contribution is -2.41. The van der Waals surface area contributed by atoms with Crippen molar-refractivity contribution in [3.63, 3.8) is 0 Å². The second kappa shape index (κ2) is 6.64. The maximum Gasteiger partial charge on any atom is 0.262 e. The van der Waals surface area contributed by atoms with E-state index in [1.54, 1.807) is 0 Å². The van der Waals surface area contributed by atoms with E-state index in [1.165, 1.54) is 0 Å². The molecule has 1 aromatic carbocycles. The van der Waals surface area contributed by atoms with E-state index < -0.39 is 30.8 Å². The molecule has 2 unspecified atom stereocenters. The Kier molecular flexibility index (Phi) is 4.57. The zero-order chi connectivity index (χ0) is 17.2. The molecule has 1 aliphatic heterocycles. The van der Waals surface area contributed by atoms with Crippen LogP contribution in [0.5, 0.6) is 0 Å². The Balaban J connectivity index is 1.55. The first-order valence-corrected chi connectivity index (χ1v) is 7.72. The lowest BCUT2D eigenvalue weighted by molar-refractivity contribution is -0.123. The van der Waals surface area contributed by atoms with Crippen LogP contribution in [-0.2, 0) is 4.79 Å². The number of carbonyl (C=O) groups is 1. The van der Waals surface area contributed by atoms with Gasteiger partial charge in [0, 0.05) is 18.5 Å². The van der Waals surface area contributed by atoms with Gasteiger partial charge in [0.25, 0.3) is 5.92 Å². The number of nitrogens with one attached hydrogen (secondary N) is 2. The van der Waals surface area contributed by atoms with E-state index in [0.29, 0.717) is 11.7 Å². The predicted molar refractivity (Wildman–Crippen MR) is 82.5 cm³/mol. The lowest BCUT2D eigenvalue weighted by Gasteiger charge is -2.13. The summed E-state index contributed by atoms with van der Waals surface area (Å²) in [6, 6.07) is 8.51. The maximum absolute atomic E-state index is 13.1. The summed E-state index contributed by atoms with van der Waals surface area (Å²) < 4.78 is 31.4. The Morgan fingerprint density at radius 2 is 2.21 bits per heavy atom. The second-order valence-corrected chi connectivity index (χ2v) is 5.96. The van der Waals surface area contributed by atoms with Gasteiger partial charge in [-0.15, -0.1) is 0 Å². The normalized spacial score (nSPS) is 20.7. The van der Waals surface area contributed by atoms with Crippen molar-refractivity contribution >= 4 is 5.91 Å². The lowest BCUT2D eigenvalue weighted by atomic mass is 10.1. The molecular weight excluding hydrogens is 318 g/mol. The zero-order valence-electron chi connectivity index (χ0n) is 13.1. The van der Waals surface area contributed by atoms with E-state index in [9.17, 15) is 13.6 Å². The third-order valence-corrected chi connectivity index (χ3v) is 3.90. The molecule has 0 spiro atoms. The molecule has 24 heavy (non-hydrogen) atoms. The third-order valence-electron chi connectivity index (χ3n) is 3.90. The number of benzene rings is 1. The van der Waals surface area contributed by atoms with E-state index >= 15 is 0 Å². The number of rotatable bonds is 5. The number of nitrogens with zero attached hydrogens (tertiary/aromatic N) is 2. The SMILES string of the molecule is CC(CNC(=O)C1CC(F)(F)CN1)c1nc(-c2ccccc2)no1. The number of halogens is 2. The van der Waals surface area contributed by atoms with Gasteiger partial charge in [-0.3, -0.25) is 10.1 Å². The van der Waals surface area contributed by atoms with E-state index in [2.05, 4.69) is 20.8 Å². The molecule has 2 atom stereocenters. The first-order valence-electron chi connectivity index (χ1n) is 7.72. The Hall–Kier alpha value is -2.35. The van der Waals surface area contributed by atoms with E-state index in [0.717, 1.165) is 5.56 Å². The first kappa shape index (κ1) is 16.5. The number of aromatic nitrogens is 2. The molecule has 0 radical (unpaired) electrons. The van der Waals surface area contributed by atoms with E-state index in [1.807, 2.05) is 37.3 Å². The van der Waals surface area contributed by atoms with Gasteiger partial charge >= 0.3 is 0 Å². The van der Waals surface area contributed by atoms with Crippen LogP contribution in [0.4, 0.5) is 8.78 Å². The minimum absolute atomic E-state index is 0.221. The molecule has 2 N–H and O–H groups in total. The highest BCUT2D eigenvalue weighted by Crippen LogP contribution is 2.25. The predicted octanol–water partition coefficient (Wildman–Crippen LogP) is 1.95.